The number of aromatic nitrogens is 1. The monoisotopic (exact) mass is 361 g/mol. The van der Waals surface area contributed by atoms with E-state index in [1.807, 2.05) is 12.1 Å². The average Bonchev–Trinajstić information content (AvgIpc) is 3.01. The van der Waals surface area contributed by atoms with Gasteiger partial charge in [-0.05, 0) is 48.1 Å². The van der Waals surface area contributed by atoms with Gasteiger partial charge in [-0.25, -0.2) is 4.39 Å². The molecule has 1 heterocycles. The molecule has 4 heteroatoms. The van der Waals surface area contributed by atoms with Gasteiger partial charge >= 0.3 is 0 Å². The number of nitrogens with one attached hydrogen (secondary N) is 1. The highest BCUT2D eigenvalue weighted by molar-refractivity contribution is 5.18. The third-order valence-corrected chi connectivity index (χ3v) is 4.96. The van der Waals surface area contributed by atoms with Gasteiger partial charge in [0.25, 0.3) is 0 Å². The molecule has 0 radical (unpaired) electrons. The fourth-order valence-corrected chi connectivity index (χ4v) is 3.09. The Labute approximate surface area is 157 Å². The lowest BCUT2D eigenvalue weighted by atomic mass is 10.1. The van der Waals surface area contributed by atoms with Gasteiger partial charge < -0.3 is 14.6 Å². The van der Waals surface area contributed by atoms with E-state index in [0.717, 1.165) is 38.2 Å². The van der Waals surface area contributed by atoms with E-state index >= 15 is 0 Å². The smallest absolute Gasteiger partial charge is 0.123 e. The predicted molar refractivity (Wildman–Crippen MR) is 105 cm³/mol. The van der Waals surface area contributed by atoms with Gasteiger partial charge in [-0.1, -0.05) is 39.8 Å². The van der Waals surface area contributed by atoms with E-state index in [4.69, 9.17) is 0 Å². The van der Waals surface area contributed by atoms with Gasteiger partial charge in [-0.3, -0.25) is 0 Å². The average molecular weight is 362 g/mol. The number of quaternary nitrogens is 1. The van der Waals surface area contributed by atoms with Crippen LogP contribution in [-0.4, -0.2) is 28.9 Å². The molecule has 0 aliphatic rings. The van der Waals surface area contributed by atoms with Crippen molar-refractivity contribution in [3.05, 3.63) is 59.7 Å². The Morgan fingerprint density at radius 1 is 1.08 bits per heavy atom. The number of benzene rings is 1. The zero-order chi connectivity index (χ0) is 19.1. The Morgan fingerprint density at radius 3 is 2.38 bits per heavy atom. The maximum Gasteiger partial charge on any atom is 0.123 e. The van der Waals surface area contributed by atoms with Crippen molar-refractivity contribution in [3.63, 3.8) is 0 Å². The van der Waals surface area contributed by atoms with Gasteiger partial charge in [0.05, 0.1) is 12.2 Å². The van der Waals surface area contributed by atoms with Crippen LogP contribution in [0.25, 0.3) is 0 Å². The van der Waals surface area contributed by atoms with Gasteiger partial charge in [0.2, 0.25) is 0 Å². The normalized spacial score (nSPS) is 14.2. The Kier molecular flexibility index (Phi) is 7.85. The molecule has 26 heavy (non-hydrogen) atoms. The minimum absolute atomic E-state index is 0.201. The van der Waals surface area contributed by atoms with Crippen molar-refractivity contribution in [1.29, 1.82) is 0 Å². The molecule has 2 atom stereocenters. The fraction of sp³-hybridized carbons (Fsp3) is 0.545. The lowest BCUT2D eigenvalue weighted by Crippen LogP contribution is -3.12. The van der Waals surface area contributed by atoms with Crippen LogP contribution in [0.1, 0.15) is 45.4 Å². The third kappa shape index (κ3) is 6.58. The summed E-state index contributed by atoms with van der Waals surface area (Å²) in [6.07, 6.45) is 2.95. The molecule has 0 aliphatic heterocycles. The molecule has 0 amide bonds. The number of halogens is 1. The molecule has 1 unspecified atom stereocenters. The minimum atomic E-state index is -0.280. The molecule has 3 nitrogen and oxygen atoms in total. The largest absolute Gasteiger partial charge is 0.387 e. The Balaban J connectivity index is 2.07. The third-order valence-electron chi connectivity index (χ3n) is 4.96. The molecule has 144 valence electrons. The van der Waals surface area contributed by atoms with Gasteiger partial charge in [0.1, 0.15) is 25.0 Å². The minimum Gasteiger partial charge on any atom is -0.387 e. The zero-order valence-electron chi connectivity index (χ0n) is 16.6. The van der Waals surface area contributed by atoms with Crippen molar-refractivity contribution >= 4 is 0 Å². The second kappa shape index (κ2) is 9.89. The van der Waals surface area contributed by atoms with Gasteiger partial charge in [0.15, 0.2) is 0 Å². The van der Waals surface area contributed by atoms with Gasteiger partial charge in [0, 0.05) is 12.7 Å². The number of aliphatic hydroxyl groups is 1. The molecule has 0 saturated carbocycles. The van der Waals surface area contributed by atoms with Crippen LogP contribution in [0.5, 0.6) is 0 Å². The zero-order valence-corrected chi connectivity index (χ0v) is 16.6. The van der Waals surface area contributed by atoms with E-state index in [9.17, 15) is 9.50 Å². The van der Waals surface area contributed by atoms with E-state index in [1.54, 1.807) is 0 Å². The molecule has 2 N–H and O–H groups in total. The van der Waals surface area contributed by atoms with Crippen molar-refractivity contribution in [1.82, 2.24) is 4.57 Å². The summed E-state index contributed by atoms with van der Waals surface area (Å²) in [6.45, 7) is 12.1. The summed E-state index contributed by atoms with van der Waals surface area (Å²) in [6, 6.07) is 10.9. The molecule has 2 aromatic rings. The quantitative estimate of drug-likeness (QED) is 0.669. The van der Waals surface area contributed by atoms with Crippen LogP contribution in [0.2, 0.25) is 0 Å². The van der Waals surface area contributed by atoms with Crippen LogP contribution in [0.3, 0.4) is 0 Å². The van der Waals surface area contributed by atoms with Crippen molar-refractivity contribution in [2.45, 2.75) is 53.3 Å². The standard InChI is InChI=1S/C22H33FN2O/c1-17(2)11-13-24(16-22(26)18(3)4)15-21-6-5-12-25(21)14-19-7-9-20(23)10-8-19/h5-10,12,17-18,22,26H,11,13-16H2,1-4H3/p+1/t22-/m0/s1. The number of hydrogen-bond acceptors (Lipinski definition) is 1. The number of rotatable bonds is 10. The number of aliphatic hydroxyl groups excluding tert-OH is 1. The van der Waals surface area contributed by atoms with Crippen molar-refractivity contribution in [2.24, 2.45) is 11.8 Å². The van der Waals surface area contributed by atoms with Gasteiger partial charge in [-0.15, -0.1) is 0 Å². The highest BCUT2D eigenvalue weighted by atomic mass is 19.1. The topological polar surface area (TPSA) is 29.6 Å². The van der Waals surface area contributed by atoms with Crippen molar-refractivity contribution in [3.8, 4) is 0 Å². The summed E-state index contributed by atoms with van der Waals surface area (Å²) in [7, 11) is 0. The molecule has 0 fully saturated rings. The summed E-state index contributed by atoms with van der Waals surface area (Å²) >= 11 is 0. The summed E-state index contributed by atoms with van der Waals surface area (Å²) < 4.78 is 15.3. The highest BCUT2D eigenvalue weighted by Gasteiger charge is 2.20. The molecule has 1 aromatic carbocycles. The van der Waals surface area contributed by atoms with Crippen LogP contribution >= 0.6 is 0 Å². The van der Waals surface area contributed by atoms with Crippen LogP contribution in [0.15, 0.2) is 42.6 Å². The number of hydrogen-bond donors (Lipinski definition) is 2. The van der Waals surface area contributed by atoms with E-state index in [2.05, 4.69) is 50.6 Å². The summed E-state index contributed by atoms with van der Waals surface area (Å²) in [5, 5.41) is 10.4. The maximum absolute atomic E-state index is 13.1. The van der Waals surface area contributed by atoms with E-state index in [1.165, 1.54) is 22.7 Å². The van der Waals surface area contributed by atoms with Crippen LogP contribution in [0.4, 0.5) is 4.39 Å². The second-order valence-corrected chi connectivity index (χ2v) is 8.13. The van der Waals surface area contributed by atoms with Crippen molar-refractivity contribution in [2.75, 3.05) is 13.1 Å². The highest BCUT2D eigenvalue weighted by Crippen LogP contribution is 2.09. The molecule has 0 bridgehead atoms. The molecule has 2 rings (SSSR count). The summed E-state index contributed by atoms with van der Waals surface area (Å²) in [5.41, 5.74) is 2.35. The maximum atomic E-state index is 13.1. The Bertz CT molecular complexity index is 648. The summed E-state index contributed by atoms with van der Waals surface area (Å²) in [5.74, 6) is 0.732. The Hall–Kier alpha value is -1.65. The Morgan fingerprint density at radius 2 is 1.77 bits per heavy atom. The number of nitrogens with zero attached hydrogens (tertiary/aromatic N) is 1. The first-order chi connectivity index (χ1) is 12.3. The first-order valence-corrected chi connectivity index (χ1v) is 9.75. The SMILES string of the molecule is CC(C)CC[NH+](Cc1cccn1Cc1ccc(F)cc1)C[C@H](O)C(C)C. The van der Waals surface area contributed by atoms with Crippen molar-refractivity contribution < 1.29 is 14.4 Å². The lowest BCUT2D eigenvalue weighted by molar-refractivity contribution is -0.918. The van der Waals surface area contributed by atoms with Crippen LogP contribution < -0.4 is 4.90 Å². The predicted octanol–water partition coefficient (Wildman–Crippen LogP) is 3.12. The van der Waals surface area contributed by atoms with E-state index < -0.39 is 0 Å². The van der Waals surface area contributed by atoms with E-state index in [-0.39, 0.29) is 17.8 Å². The molecule has 1 aromatic heterocycles. The lowest BCUT2D eigenvalue weighted by Gasteiger charge is -2.25. The first kappa shape index (κ1) is 20.7. The molecular weight excluding hydrogens is 327 g/mol. The molecule has 0 aliphatic carbocycles. The fourth-order valence-electron chi connectivity index (χ4n) is 3.09. The van der Waals surface area contributed by atoms with Gasteiger partial charge in [-0.2, -0.15) is 0 Å². The van der Waals surface area contributed by atoms with Crippen LogP contribution in [0, 0.1) is 17.7 Å². The molecular formula is C22H34FN2O+. The molecule has 0 spiro atoms. The van der Waals surface area contributed by atoms with Crippen LogP contribution in [-0.2, 0) is 13.1 Å². The second-order valence-electron chi connectivity index (χ2n) is 8.13. The summed E-state index contributed by atoms with van der Waals surface area (Å²) in [4.78, 5) is 1.42. The molecule has 0 saturated heterocycles. The van der Waals surface area contributed by atoms with E-state index in [0.29, 0.717) is 5.92 Å². The first-order valence-electron chi connectivity index (χ1n) is 9.75.